The van der Waals surface area contributed by atoms with Gasteiger partial charge in [0.05, 0.1) is 11.4 Å². The number of anilines is 6. The third-order valence-corrected chi connectivity index (χ3v) is 14.0. The summed E-state index contributed by atoms with van der Waals surface area (Å²) in [6.07, 6.45) is 17.5. The molecule has 0 atom stereocenters. The zero-order valence-corrected chi connectivity index (χ0v) is 42.1. The highest BCUT2D eigenvalue weighted by molar-refractivity contribution is 6.28. The Labute approximate surface area is 446 Å². The van der Waals surface area contributed by atoms with Gasteiger partial charge in [-0.15, -0.1) is 0 Å². The fourth-order valence-corrected chi connectivity index (χ4v) is 10.1. The molecule has 76 heavy (non-hydrogen) atoms. The molecule has 0 saturated carbocycles. The van der Waals surface area contributed by atoms with Crippen LogP contribution in [0.15, 0.2) is 279 Å². The maximum atomic E-state index is 2.45. The molecule has 0 saturated heterocycles. The summed E-state index contributed by atoms with van der Waals surface area (Å²) < 4.78 is 0. The molecule has 0 aliphatic carbocycles. The summed E-state index contributed by atoms with van der Waals surface area (Å²) >= 11 is 0. The predicted octanol–water partition coefficient (Wildman–Crippen LogP) is 20.8. The topological polar surface area (TPSA) is 6.48 Å². The number of hydrogen-bond acceptors (Lipinski definition) is 2. The monoisotopic (exact) mass is 970 g/mol. The molecule has 0 radical (unpaired) electrons. The van der Waals surface area contributed by atoms with E-state index in [2.05, 4.69) is 337 Å². The minimum atomic E-state index is 1.06. The molecule has 360 valence electrons. The molecule has 0 aliphatic heterocycles. The van der Waals surface area contributed by atoms with Crippen molar-refractivity contribution >= 4 is 115 Å². The van der Waals surface area contributed by atoms with Crippen LogP contribution in [0.3, 0.4) is 0 Å². The Morgan fingerprint density at radius 2 is 0.408 bits per heavy atom. The highest BCUT2D eigenvalue weighted by Gasteiger charge is 2.24. The van der Waals surface area contributed by atoms with E-state index in [0.717, 1.165) is 67.2 Å². The van der Waals surface area contributed by atoms with E-state index < -0.39 is 0 Å². The average molecular weight is 971 g/mol. The van der Waals surface area contributed by atoms with Gasteiger partial charge in [-0.2, -0.15) is 0 Å². The van der Waals surface area contributed by atoms with Gasteiger partial charge >= 0.3 is 0 Å². The summed E-state index contributed by atoms with van der Waals surface area (Å²) in [5, 5.41) is 7.00. The van der Waals surface area contributed by atoms with Gasteiger partial charge in [-0.25, -0.2) is 0 Å². The van der Waals surface area contributed by atoms with Crippen molar-refractivity contribution in [2.24, 2.45) is 0 Å². The smallest absolute Gasteiger partial charge is 0.0553 e. The maximum Gasteiger partial charge on any atom is 0.0553 e. The Morgan fingerprint density at radius 3 is 0.658 bits per heavy atom. The van der Waals surface area contributed by atoms with E-state index in [9.17, 15) is 0 Å². The first-order valence-corrected chi connectivity index (χ1v) is 26.0. The Balaban J connectivity index is 1.06. The first-order chi connectivity index (χ1) is 37.7. The van der Waals surface area contributed by atoms with Crippen molar-refractivity contribution in [3.05, 3.63) is 324 Å². The van der Waals surface area contributed by atoms with Crippen LogP contribution in [-0.2, 0) is 0 Å². The van der Waals surface area contributed by atoms with Gasteiger partial charge in [-0.05, 0) is 127 Å². The zero-order valence-electron chi connectivity index (χ0n) is 42.1. The largest absolute Gasteiger partial charge is 0.310 e. The van der Waals surface area contributed by atoms with Crippen LogP contribution >= 0.6 is 0 Å². The maximum absolute atomic E-state index is 2.45. The lowest BCUT2D eigenvalue weighted by Crippen LogP contribution is -2.13. The molecule has 0 fully saturated rings. The molecule has 0 bridgehead atoms. The number of hydrogen-bond donors (Lipinski definition) is 0. The molecule has 12 aromatic rings. The second-order valence-electron chi connectivity index (χ2n) is 19.0. The van der Waals surface area contributed by atoms with Crippen molar-refractivity contribution in [2.75, 3.05) is 9.80 Å². The quantitative estimate of drug-likeness (QED) is 0.0791. The second kappa shape index (κ2) is 22.0. The third-order valence-electron chi connectivity index (χ3n) is 14.0. The van der Waals surface area contributed by atoms with Crippen molar-refractivity contribution < 1.29 is 0 Å². The van der Waals surface area contributed by atoms with Gasteiger partial charge in [0.1, 0.15) is 0 Å². The standard InChI is InChI=1S/C74H54N2/c1-5-17-55(18-6-1)29-33-59-37-45-65(46-38-59)75(66-47-39-60(40-48-66)34-30-56-19-7-2-8-20-56)71-53-63-25-13-16-28-70(63)74-72(54-64-26-14-15-27-69(64)73(71)74)76(67-49-41-61(42-50-67)35-31-57-21-9-3-10-22-57)68-51-43-62(44-52-68)36-32-58-23-11-4-12-24-58/h1-54H. The second-order valence-corrected chi connectivity index (χ2v) is 19.0. The lowest BCUT2D eigenvalue weighted by atomic mass is 9.92. The van der Waals surface area contributed by atoms with Crippen LogP contribution in [0, 0.1) is 0 Å². The summed E-state index contributed by atoms with van der Waals surface area (Å²) in [6, 6.07) is 100. The van der Waals surface area contributed by atoms with E-state index in [1.165, 1.54) is 43.8 Å². The molecule has 0 spiro atoms. The van der Waals surface area contributed by atoms with E-state index in [0.29, 0.717) is 0 Å². The van der Waals surface area contributed by atoms with Crippen LogP contribution < -0.4 is 9.80 Å². The fourth-order valence-electron chi connectivity index (χ4n) is 10.1. The summed E-state index contributed by atoms with van der Waals surface area (Å²) in [5.41, 5.74) is 15.6. The Kier molecular flexibility index (Phi) is 13.6. The van der Waals surface area contributed by atoms with Crippen molar-refractivity contribution in [2.45, 2.75) is 0 Å². The molecule has 0 heterocycles. The molecule has 0 aromatic heterocycles. The summed E-state index contributed by atoms with van der Waals surface area (Å²) in [6.45, 7) is 0. The van der Waals surface area contributed by atoms with Crippen LogP contribution in [-0.4, -0.2) is 0 Å². The number of rotatable bonds is 14. The van der Waals surface area contributed by atoms with Gasteiger partial charge in [0.15, 0.2) is 0 Å². The number of nitrogens with zero attached hydrogens (tertiary/aromatic N) is 2. The predicted molar refractivity (Wildman–Crippen MR) is 330 cm³/mol. The van der Waals surface area contributed by atoms with Crippen LogP contribution in [0.2, 0.25) is 0 Å². The Bertz CT molecular complexity index is 3570. The van der Waals surface area contributed by atoms with Gasteiger partial charge < -0.3 is 9.80 Å². The molecular weight excluding hydrogens is 917 g/mol. The molecule has 2 heteroatoms. The number of benzene rings is 12. The molecule has 0 N–H and O–H groups in total. The third kappa shape index (κ3) is 10.4. The fraction of sp³-hybridized carbons (Fsp3) is 0. The summed E-state index contributed by atoms with van der Waals surface area (Å²) in [5.74, 6) is 0. The van der Waals surface area contributed by atoms with Crippen LogP contribution in [0.1, 0.15) is 44.5 Å². The molecule has 12 aromatic carbocycles. The van der Waals surface area contributed by atoms with Crippen LogP contribution in [0.25, 0.3) is 80.9 Å². The van der Waals surface area contributed by atoms with Gasteiger partial charge in [-0.3, -0.25) is 0 Å². The summed E-state index contributed by atoms with van der Waals surface area (Å²) in [7, 11) is 0. The lowest BCUT2D eigenvalue weighted by Gasteiger charge is -2.31. The van der Waals surface area contributed by atoms with Crippen molar-refractivity contribution in [1.82, 2.24) is 0 Å². The van der Waals surface area contributed by atoms with Gasteiger partial charge in [0.2, 0.25) is 0 Å². The van der Waals surface area contributed by atoms with E-state index in [1.54, 1.807) is 0 Å². The highest BCUT2D eigenvalue weighted by Crippen LogP contribution is 2.50. The van der Waals surface area contributed by atoms with Gasteiger partial charge in [-0.1, -0.05) is 267 Å². The normalized spacial score (nSPS) is 11.7. The van der Waals surface area contributed by atoms with Crippen molar-refractivity contribution in [3.8, 4) is 0 Å². The number of fused-ring (bicyclic) bond motifs is 5. The zero-order chi connectivity index (χ0) is 50.9. The van der Waals surface area contributed by atoms with E-state index >= 15 is 0 Å². The molecule has 2 nitrogen and oxygen atoms in total. The Hall–Kier alpha value is -10.0. The minimum absolute atomic E-state index is 1.06. The molecule has 0 unspecified atom stereocenters. The molecular formula is C74H54N2. The molecule has 0 aliphatic rings. The SMILES string of the molecule is C(=Cc1ccc(N(c2ccc(C=Cc3ccccc3)cc2)c2cc3ccccc3c3c(N(c4ccc(C=Cc5ccccc5)cc4)c4ccc(C=Cc5ccccc5)cc4)cc4ccccc4c23)cc1)c1ccccc1. The van der Waals surface area contributed by atoms with Crippen LogP contribution in [0.5, 0.6) is 0 Å². The van der Waals surface area contributed by atoms with E-state index in [1.807, 2.05) is 0 Å². The van der Waals surface area contributed by atoms with Crippen molar-refractivity contribution in [1.29, 1.82) is 0 Å². The van der Waals surface area contributed by atoms with E-state index in [-0.39, 0.29) is 0 Å². The average Bonchev–Trinajstić information content (AvgIpc) is 3.58. The Morgan fingerprint density at radius 1 is 0.197 bits per heavy atom. The molecule has 0 amide bonds. The highest BCUT2D eigenvalue weighted by atomic mass is 15.2. The van der Waals surface area contributed by atoms with Crippen LogP contribution in [0.4, 0.5) is 34.1 Å². The van der Waals surface area contributed by atoms with Gasteiger partial charge in [0.25, 0.3) is 0 Å². The lowest BCUT2D eigenvalue weighted by molar-refractivity contribution is 1.29. The summed E-state index contributed by atoms with van der Waals surface area (Å²) in [4.78, 5) is 4.90. The first-order valence-electron chi connectivity index (χ1n) is 26.0. The van der Waals surface area contributed by atoms with Gasteiger partial charge in [0, 0.05) is 33.5 Å². The minimum Gasteiger partial charge on any atom is -0.310 e. The van der Waals surface area contributed by atoms with E-state index in [4.69, 9.17) is 0 Å². The molecule has 12 rings (SSSR count). The first kappa shape index (κ1) is 47.0. The van der Waals surface area contributed by atoms with Crippen molar-refractivity contribution in [3.63, 3.8) is 0 Å².